The summed E-state index contributed by atoms with van der Waals surface area (Å²) in [5.74, 6) is -0.262. The van der Waals surface area contributed by atoms with Gasteiger partial charge in [-0.05, 0) is 25.7 Å². The monoisotopic (exact) mass is 244 g/mol. The van der Waals surface area contributed by atoms with Crippen LogP contribution < -0.4 is 0 Å². The van der Waals surface area contributed by atoms with Gasteiger partial charge in [-0.3, -0.25) is 0 Å². The van der Waals surface area contributed by atoms with E-state index in [1.54, 1.807) is 14.0 Å². The first-order valence-corrected chi connectivity index (χ1v) is 6.38. The molecule has 0 aliphatic heterocycles. The molecule has 0 amide bonds. The van der Waals surface area contributed by atoms with E-state index in [-0.39, 0.29) is 6.10 Å². The van der Waals surface area contributed by atoms with Crippen molar-refractivity contribution < 1.29 is 19.4 Å². The van der Waals surface area contributed by atoms with Gasteiger partial charge in [-0.1, -0.05) is 19.8 Å². The largest absolute Gasteiger partial charge is 0.479 e. The van der Waals surface area contributed by atoms with Crippen LogP contribution in [0.1, 0.15) is 46.0 Å². The van der Waals surface area contributed by atoms with Crippen molar-refractivity contribution in [2.45, 2.75) is 57.7 Å². The molecule has 0 aromatic rings. The minimum absolute atomic E-state index is 0.0803. The van der Waals surface area contributed by atoms with Crippen LogP contribution in [0, 0.1) is 5.92 Å². The fourth-order valence-electron chi connectivity index (χ4n) is 2.37. The van der Waals surface area contributed by atoms with Crippen molar-refractivity contribution in [3.05, 3.63) is 0 Å². The average Bonchev–Trinajstić information content (AvgIpc) is 2.26. The molecule has 4 nitrogen and oxygen atoms in total. The van der Waals surface area contributed by atoms with Gasteiger partial charge in [-0.15, -0.1) is 0 Å². The van der Waals surface area contributed by atoms with Crippen molar-refractivity contribution in [2.75, 3.05) is 13.7 Å². The van der Waals surface area contributed by atoms with E-state index >= 15 is 0 Å². The smallest absolute Gasteiger partial charge is 0.335 e. The van der Waals surface area contributed by atoms with Crippen LogP contribution in [0.4, 0.5) is 0 Å². The molecule has 0 bridgehead atoms. The molecule has 4 heteroatoms. The number of rotatable bonds is 6. The SMILES string of the molecule is COCCC(C)(OC1CCCC(C)C1)C(=O)O. The number of carboxylic acid groups (broad SMARTS) is 1. The lowest BCUT2D eigenvalue weighted by molar-refractivity contribution is -0.177. The van der Waals surface area contributed by atoms with Gasteiger partial charge >= 0.3 is 5.97 Å². The maximum Gasteiger partial charge on any atom is 0.335 e. The molecular formula is C13H24O4. The summed E-state index contributed by atoms with van der Waals surface area (Å²) in [7, 11) is 1.57. The van der Waals surface area contributed by atoms with Crippen molar-refractivity contribution >= 4 is 5.97 Å². The predicted octanol–water partition coefficient (Wildman–Crippen LogP) is 2.46. The molecule has 1 saturated carbocycles. The molecule has 0 spiro atoms. The highest BCUT2D eigenvalue weighted by Crippen LogP contribution is 2.30. The van der Waals surface area contributed by atoms with Gasteiger partial charge in [0.15, 0.2) is 5.60 Å². The first kappa shape index (κ1) is 14.5. The average molecular weight is 244 g/mol. The lowest BCUT2D eigenvalue weighted by Gasteiger charge is -2.34. The first-order chi connectivity index (χ1) is 7.98. The Morgan fingerprint density at radius 3 is 2.71 bits per heavy atom. The lowest BCUT2D eigenvalue weighted by Crippen LogP contribution is -2.43. The van der Waals surface area contributed by atoms with Crippen LogP contribution in [0.15, 0.2) is 0 Å². The zero-order chi connectivity index (χ0) is 12.9. The van der Waals surface area contributed by atoms with Crippen LogP contribution in [0.25, 0.3) is 0 Å². The Morgan fingerprint density at radius 1 is 1.47 bits per heavy atom. The van der Waals surface area contributed by atoms with Crippen molar-refractivity contribution in [1.82, 2.24) is 0 Å². The van der Waals surface area contributed by atoms with Crippen LogP contribution >= 0.6 is 0 Å². The van der Waals surface area contributed by atoms with Crippen molar-refractivity contribution in [1.29, 1.82) is 0 Å². The summed E-state index contributed by atoms with van der Waals surface area (Å²) in [6, 6.07) is 0. The molecule has 0 heterocycles. The quantitative estimate of drug-likeness (QED) is 0.779. The molecule has 17 heavy (non-hydrogen) atoms. The van der Waals surface area contributed by atoms with Gasteiger partial charge in [0.2, 0.25) is 0 Å². The van der Waals surface area contributed by atoms with Crippen LogP contribution in [0.2, 0.25) is 0 Å². The summed E-state index contributed by atoms with van der Waals surface area (Å²) >= 11 is 0. The van der Waals surface area contributed by atoms with Crippen molar-refractivity contribution in [2.24, 2.45) is 5.92 Å². The van der Waals surface area contributed by atoms with E-state index in [1.807, 2.05) is 0 Å². The molecule has 0 saturated heterocycles. The standard InChI is InChI=1S/C13H24O4/c1-10-5-4-6-11(9-10)17-13(2,12(14)15)7-8-16-3/h10-11H,4-9H2,1-3H3,(H,14,15). The van der Waals surface area contributed by atoms with Crippen molar-refractivity contribution in [3.63, 3.8) is 0 Å². The van der Waals surface area contributed by atoms with Gasteiger partial charge in [0.25, 0.3) is 0 Å². The van der Waals surface area contributed by atoms with E-state index < -0.39 is 11.6 Å². The highest BCUT2D eigenvalue weighted by atomic mass is 16.5. The third kappa shape index (κ3) is 4.28. The van der Waals surface area contributed by atoms with Gasteiger partial charge in [0, 0.05) is 20.1 Å². The number of methoxy groups -OCH3 is 1. The molecule has 3 atom stereocenters. The fourth-order valence-corrected chi connectivity index (χ4v) is 2.37. The molecule has 3 unspecified atom stereocenters. The molecule has 100 valence electrons. The van der Waals surface area contributed by atoms with E-state index in [2.05, 4.69) is 6.92 Å². The summed E-state index contributed by atoms with van der Waals surface area (Å²) in [6.07, 6.45) is 4.77. The van der Waals surface area contributed by atoms with Gasteiger partial charge in [0.05, 0.1) is 6.10 Å². The molecule has 1 aliphatic rings. The number of aliphatic carboxylic acids is 1. The minimum Gasteiger partial charge on any atom is -0.479 e. The Hall–Kier alpha value is -0.610. The Bertz CT molecular complexity index is 254. The zero-order valence-corrected chi connectivity index (χ0v) is 11.1. The Balaban J connectivity index is 2.56. The number of carbonyl (C=O) groups is 1. The maximum absolute atomic E-state index is 11.3. The normalized spacial score (nSPS) is 28.6. The van der Waals surface area contributed by atoms with Gasteiger partial charge in [-0.2, -0.15) is 0 Å². The summed E-state index contributed by atoms with van der Waals surface area (Å²) in [6.45, 7) is 4.25. The van der Waals surface area contributed by atoms with Gasteiger partial charge in [-0.25, -0.2) is 4.79 Å². The zero-order valence-electron chi connectivity index (χ0n) is 11.1. The number of carboxylic acids is 1. The fraction of sp³-hybridized carbons (Fsp3) is 0.923. The van der Waals surface area contributed by atoms with E-state index in [9.17, 15) is 9.90 Å². The molecule has 1 rings (SSSR count). The summed E-state index contributed by atoms with van der Waals surface area (Å²) in [4.78, 5) is 11.3. The Morgan fingerprint density at radius 2 is 2.18 bits per heavy atom. The highest BCUT2D eigenvalue weighted by molar-refractivity contribution is 5.76. The van der Waals surface area contributed by atoms with E-state index in [1.165, 1.54) is 6.42 Å². The highest BCUT2D eigenvalue weighted by Gasteiger charge is 2.37. The van der Waals surface area contributed by atoms with Gasteiger partial charge in [0.1, 0.15) is 0 Å². The van der Waals surface area contributed by atoms with Crippen LogP contribution in [0.5, 0.6) is 0 Å². The molecular weight excluding hydrogens is 220 g/mol. The maximum atomic E-state index is 11.3. The second-order valence-corrected chi connectivity index (χ2v) is 5.29. The lowest BCUT2D eigenvalue weighted by atomic mass is 9.88. The second-order valence-electron chi connectivity index (χ2n) is 5.29. The van der Waals surface area contributed by atoms with Crippen LogP contribution in [-0.4, -0.2) is 36.5 Å². The molecule has 0 aromatic carbocycles. The third-order valence-corrected chi connectivity index (χ3v) is 3.55. The third-order valence-electron chi connectivity index (χ3n) is 3.55. The first-order valence-electron chi connectivity index (χ1n) is 6.38. The predicted molar refractivity (Wildman–Crippen MR) is 65.0 cm³/mol. The summed E-state index contributed by atoms with van der Waals surface area (Å²) in [5.41, 5.74) is -1.11. The van der Waals surface area contributed by atoms with Crippen LogP contribution in [-0.2, 0) is 14.3 Å². The van der Waals surface area contributed by atoms with Crippen molar-refractivity contribution in [3.8, 4) is 0 Å². The summed E-state index contributed by atoms with van der Waals surface area (Å²) in [5, 5.41) is 9.28. The summed E-state index contributed by atoms with van der Waals surface area (Å²) < 4.78 is 10.8. The van der Waals surface area contributed by atoms with E-state index in [0.29, 0.717) is 18.9 Å². The molecule has 0 aromatic heterocycles. The minimum atomic E-state index is -1.11. The molecule has 1 N–H and O–H groups in total. The Kier molecular flexibility index (Phi) is 5.40. The Labute approximate surface area is 103 Å². The molecule has 1 aliphatic carbocycles. The van der Waals surface area contributed by atoms with E-state index in [0.717, 1.165) is 19.3 Å². The van der Waals surface area contributed by atoms with E-state index in [4.69, 9.17) is 9.47 Å². The second kappa shape index (κ2) is 6.36. The molecule has 1 fully saturated rings. The van der Waals surface area contributed by atoms with Gasteiger partial charge < -0.3 is 14.6 Å². The number of hydrogen-bond donors (Lipinski definition) is 1. The topological polar surface area (TPSA) is 55.8 Å². The number of hydrogen-bond acceptors (Lipinski definition) is 3. The van der Waals surface area contributed by atoms with Crippen LogP contribution in [0.3, 0.4) is 0 Å². The molecule has 0 radical (unpaired) electrons. The number of ether oxygens (including phenoxy) is 2.